The summed E-state index contributed by atoms with van der Waals surface area (Å²) in [5.41, 5.74) is 0. The third-order valence-electron chi connectivity index (χ3n) is 10.8. The molecule has 12 nitrogen and oxygen atoms in total. The normalized spacial score (nSPS) is 22.8. The summed E-state index contributed by atoms with van der Waals surface area (Å²) in [6.07, 6.45) is 28.1. The molecule has 0 aromatic heterocycles. The SMILES string of the molecule is CCCC/C=C\C/C=C\CCCCCCCCOCC(COP(=O)(O)OC1C(O)C(O)C(O)C(O)C1O)OC(=O)CCCCCCCCCCCCCCCCCC. The van der Waals surface area contributed by atoms with Crippen LogP contribution < -0.4 is 0 Å². The molecular weight excluding hydrogens is 763 g/mol. The van der Waals surface area contributed by atoms with Gasteiger partial charge in [-0.2, -0.15) is 0 Å². The lowest BCUT2D eigenvalue weighted by Crippen LogP contribution is -2.64. The molecule has 0 amide bonds. The van der Waals surface area contributed by atoms with Gasteiger partial charge in [-0.15, -0.1) is 0 Å². The van der Waals surface area contributed by atoms with Crippen molar-refractivity contribution in [1.29, 1.82) is 0 Å². The van der Waals surface area contributed by atoms with Gasteiger partial charge in [0.05, 0.1) is 13.2 Å². The lowest BCUT2D eigenvalue weighted by Gasteiger charge is -2.41. The lowest BCUT2D eigenvalue weighted by molar-refractivity contribution is -0.220. The zero-order valence-corrected chi connectivity index (χ0v) is 37.2. The lowest BCUT2D eigenvalue weighted by atomic mass is 9.85. The van der Waals surface area contributed by atoms with Crippen molar-refractivity contribution in [1.82, 2.24) is 0 Å². The van der Waals surface area contributed by atoms with E-state index in [9.17, 15) is 39.8 Å². The van der Waals surface area contributed by atoms with Crippen LogP contribution in [0.25, 0.3) is 0 Å². The quantitative estimate of drug-likeness (QED) is 0.0149. The number of rotatable bonds is 39. The molecule has 6 unspecified atom stereocenters. The Hall–Kier alpha value is -1.18. The minimum atomic E-state index is -5.02. The van der Waals surface area contributed by atoms with E-state index >= 15 is 0 Å². The molecule has 6 atom stereocenters. The Morgan fingerprint density at radius 3 is 1.50 bits per heavy atom. The fourth-order valence-corrected chi connectivity index (χ4v) is 8.05. The molecule has 1 saturated carbocycles. The predicted octanol–water partition coefficient (Wildman–Crippen LogP) is 9.31. The fourth-order valence-electron chi connectivity index (χ4n) is 7.08. The van der Waals surface area contributed by atoms with Crippen LogP contribution in [0.4, 0.5) is 0 Å². The molecule has 0 aromatic rings. The second-order valence-electron chi connectivity index (χ2n) is 16.3. The van der Waals surface area contributed by atoms with Gasteiger partial charge >= 0.3 is 13.8 Å². The largest absolute Gasteiger partial charge is 0.472 e. The number of phosphoric acid groups is 1. The molecule has 0 heterocycles. The van der Waals surface area contributed by atoms with Crippen molar-refractivity contribution in [3.63, 3.8) is 0 Å². The highest BCUT2D eigenvalue weighted by Gasteiger charge is 2.51. The van der Waals surface area contributed by atoms with Crippen LogP contribution in [0.3, 0.4) is 0 Å². The number of aliphatic hydroxyl groups is 5. The highest BCUT2D eigenvalue weighted by molar-refractivity contribution is 7.47. The summed E-state index contributed by atoms with van der Waals surface area (Å²) in [6.45, 7) is 4.21. The predicted molar refractivity (Wildman–Crippen MR) is 230 cm³/mol. The molecule has 1 aliphatic carbocycles. The summed E-state index contributed by atoms with van der Waals surface area (Å²) >= 11 is 0. The van der Waals surface area contributed by atoms with Crippen molar-refractivity contribution in [3.8, 4) is 0 Å². The Morgan fingerprint density at radius 1 is 0.552 bits per heavy atom. The Bertz CT molecular complexity index is 1060. The van der Waals surface area contributed by atoms with E-state index in [0.29, 0.717) is 13.0 Å². The number of hydrogen-bond acceptors (Lipinski definition) is 11. The fraction of sp³-hybridized carbons (Fsp3) is 0.889. The van der Waals surface area contributed by atoms with Crippen LogP contribution in [0.15, 0.2) is 24.3 Å². The summed E-state index contributed by atoms with van der Waals surface area (Å²) in [7, 11) is -5.02. The highest BCUT2D eigenvalue weighted by Crippen LogP contribution is 2.47. The first-order valence-electron chi connectivity index (χ1n) is 23.2. The highest BCUT2D eigenvalue weighted by atomic mass is 31.2. The molecule has 0 saturated heterocycles. The molecule has 58 heavy (non-hydrogen) atoms. The second kappa shape index (κ2) is 36.5. The molecule has 0 aromatic carbocycles. The summed E-state index contributed by atoms with van der Waals surface area (Å²) in [4.78, 5) is 23.1. The molecule has 13 heteroatoms. The van der Waals surface area contributed by atoms with E-state index < -0.39 is 63.1 Å². The number of allylic oxidation sites excluding steroid dienone is 4. The third kappa shape index (κ3) is 28.4. The van der Waals surface area contributed by atoms with E-state index in [1.165, 1.54) is 103 Å². The molecule has 1 fully saturated rings. The van der Waals surface area contributed by atoms with Gasteiger partial charge in [0.25, 0.3) is 0 Å². The average Bonchev–Trinajstić information content (AvgIpc) is 3.21. The maximum atomic E-state index is 12.8. The average molecular weight is 849 g/mol. The van der Waals surface area contributed by atoms with E-state index in [2.05, 4.69) is 38.2 Å². The van der Waals surface area contributed by atoms with Crippen molar-refractivity contribution >= 4 is 13.8 Å². The van der Waals surface area contributed by atoms with Crippen LogP contribution in [-0.4, -0.2) is 98.9 Å². The summed E-state index contributed by atoms with van der Waals surface area (Å²) < 4.78 is 34.2. The van der Waals surface area contributed by atoms with Crippen molar-refractivity contribution in [2.24, 2.45) is 0 Å². The molecule has 0 aliphatic heterocycles. The van der Waals surface area contributed by atoms with Gasteiger partial charge in [-0.25, -0.2) is 4.57 Å². The molecule has 1 rings (SSSR count). The monoisotopic (exact) mass is 849 g/mol. The van der Waals surface area contributed by atoms with E-state index in [1.54, 1.807) is 0 Å². The van der Waals surface area contributed by atoms with Crippen LogP contribution in [0.1, 0.15) is 194 Å². The number of esters is 1. The van der Waals surface area contributed by atoms with Gasteiger partial charge in [0.15, 0.2) is 0 Å². The van der Waals surface area contributed by atoms with E-state index in [0.717, 1.165) is 64.2 Å². The van der Waals surface area contributed by atoms with Crippen LogP contribution in [0.2, 0.25) is 0 Å². The zero-order chi connectivity index (χ0) is 42.7. The minimum absolute atomic E-state index is 0.0802. The van der Waals surface area contributed by atoms with Gasteiger partial charge in [-0.05, 0) is 38.5 Å². The maximum absolute atomic E-state index is 12.8. The smallest absolute Gasteiger partial charge is 0.457 e. The molecule has 342 valence electrons. The third-order valence-corrected chi connectivity index (χ3v) is 11.8. The van der Waals surface area contributed by atoms with Crippen LogP contribution in [0.5, 0.6) is 0 Å². The van der Waals surface area contributed by atoms with Crippen LogP contribution in [0, 0.1) is 0 Å². The Labute approximate surface area is 351 Å². The topological polar surface area (TPSA) is 192 Å². The number of hydrogen-bond donors (Lipinski definition) is 6. The van der Waals surface area contributed by atoms with Gasteiger partial charge < -0.3 is 39.9 Å². The molecule has 0 bridgehead atoms. The molecule has 0 radical (unpaired) electrons. The van der Waals surface area contributed by atoms with Gasteiger partial charge in [0.2, 0.25) is 0 Å². The second-order valence-corrected chi connectivity index (χ2v) is 17.7. The first-order chi connectivity index (χ1) is 28.0. The van der Waals surface area contributed by atoms with E-state index in [-0.39, 0.29) is 13.0 Å². The van der Waals surface area contributed by atoms with Crippen molar-refractivity contribution < 1.29 is 58.3 Å². The molecule has 6 N–H and O–H groups in total. The first-order valence-corrected chi connectivity index (χ1v) is 24.7. The van der Waals surface area contributed by atoms with Crippen molar-refractivity contribution in [2.45, 2.75) is 236 Å². The first kappa shape index (κ1) is 54.8. The Balaban J connectivity index is 2.40. The van der Waals surface area contributed by atoms with E-state index in [4.69, 9.17) is 18.5 Å². The summed E-state index contributed by atoms with van der Waals surface area (Å²) in [6, 6.07) is 0. The van der Waals surface area contributed by atoms with E-state index in [1.807, 2.05) is 0 Å². The molecule has 0 spiro atoms. The molecular formula is C45H85O12P. The van der Waals surface area contributed by atoms with Gasteiger partial charge in [0, 0.05) is 13.0 Å². The standard InChI is InChI=1S/C45H85O12P/c1-3-5-7-9-11-13-15-17-19-20-22-24-26-28-30-32-34-39(46)56-38(37-55-58(52,53)57-45-43(50)41(48)40(47)42(49)44(45)51)36-54-35-33-31-29-27-25-23-21-18-16-14-12-10-8-6-4-2/h10,12,16,18,38,40-45,47-51H,3-9,11,13-15,17,19-37H2,1-2H3,(H,52,53)/b12-10-,18-16-. The Kier molecular flexibility index (Phi) is 34.5. The van der Waals surface area contributed by atoms with Gasteiger partial charge in [-0.1, -0.05) is 173 Å². The zero-order valence-electron chi connectivity index (χ0n) is 36.4. The number of carbonyl (C=O) groups is 1. The number of carbonyl (C=O) groups excluding carboxylic acids is 1. The van der Waals surface area contributed by atoms with Crippen molar-refractivity contribution in [2.75, 3.05) is 19.8 Å². The van der Waals surface area contributed by atoms with Gasteiger partial charge in [0.1, 0.15) is 42.7 Å². The van der Waals surface area contributed by atoms with Crippen molar-refractivity contribution in [3.05, 3.63) is 24.3 Å². The Morgan fingerprint density at radius 2 is 0.983 bits per heavy atom. The molecule has 1 aliphatic rings. The number of aliphatic hydroxyl groups excluding tert-OH is 5. The summed E-state index contributed by atoms with van der Waals surface area (Å²) in [5.74, 6) is -0.479. The van der Waals surface area contributed by atoms with Gasteiger partial charge in [-0.3, -0.25) is 13.8 Å². The summed E-state index contributed by atoms with van der Waals surface area (Å²) in [5, 5.41) is 50.2. The minimum Gasteiger partial charge on any atom is -0.457 e. The number of phosphoric ester groups is 1. The number of unbranched alkanes of at least 4 members (excludes halogenated alkanes) is 23. The number of ether oxygens (including phenoxy) is 2. The van der Waals surface area contributed by atoms with Crippen LogP contribution >= 0.6 is 7.82 Å². The maximum Gasteiger partial charge on any atom is 0.472 e. The van der Waals surface area contributed by atoms with Crippen LogP contribution in [-0.2, 0) is 27.9 Å².